The van der Waals surface area contributed by atoms with Crippen molar-refractivity contribution >= 4 is 5.91 Å². The van der Waals surface area contributed by atoms with Crippen molar-refractivity contribution in [2.45, 2.75) is 57.9 Å². The number of likely N-dealkylation sites (N-methyl/N-ethyl adjacent to an activating group) is 1. The maximum Gasteiger partial charge on any atom is 0.251 e. The lowest BCUT2D eigenvalue weighted by atomic mass is 9.99. The molecule has 3 aromatic carbocycles. The van der Waals surface area contributed by atoms with Crippen molar-refractivity contribution in [3.8, 4) is 11.1 Å². The van der Waals surface area contributed by atoms with Gasteiger partial charge in [0, 0.05) is 56.4 Å². The molecular weight excluding hydrogens is 537 g/mol. The monoisotopic (exact) mass is 586 g/mol. The molecule has 5 rings (SSSR count). The van der Waals surface area contributed by atoms with Gasteiger partial charge in [-0.3, -0.25) is 14.6 Å². The number of quaternary nitrogens is 1. The van der Waals surface area contributed by atoms with Crippen LogP contribution in [0.5, 0.6) is 0 Å². The lowest BCUT2D eigenvalue weighted by molar-refractivity contribution is -0.872. The van der Waals surface area contributed by atoms with E-state index in [-0.39, 0.29) is 11.7 Å². The Morgan fingerprint density at radius 2 is 1.74 bits per heavy atom. The van der Waals surface area contributed by atoms with E-state index in [1.165, 1.54) is 36.5 Å². The van der Waals surface area contributed by atoms with Crippen molar-refractivity contribution in [3.05, 3.63) is 94.8 Å². The molecule has 0 aliphatic carbocycles. The van der Waals surface area contributed by atoms with E-state index in [9.17, 15) is 4.79 Å². The van der Waals surface area contributed by atoms with E-state index in [0.29, 0.717) is 29.8 Å². The summed E-state index contributed by atoms with van der Waals surface area (Å²) in [4.78, 5) is 18.2. The first-order valence-electron chi connectivity index (χ1n) is 15.9. The number of nitrogens with zero attached hydrogens (tertiary/aromatic N) is 3. The molecule has 43 heavy (non-hydrogen) atoms. The standard InChI is InChI=1S/C36H48FN5O/c1-27-23-40(18-16-38-27)24-29-9-7-11-31(19-29)34-21-28(14-15-35(34)37)22-39-36(43)32-12-8-10-30(20-32)25-41-17-6-5-13-33(41)26-42(2,3)4/h7-12,14-15,19-21,27,33,38H,5-6,13,16-18,22-26H2,1-4H3/p+1/t27-,33?/m0/s1. The molecule has 1 amide bonds. The van der Waals surface area contributed by atoms with Crippen LogP contribution in [0.2, 0.25) is 0 Å². The Morgan fingerprint density at radius 3 is 2.53 bits per heavy atom. The van der Waals surface area contributed by atoms with Crippen LogP contribution in [0, 0.1) is 5.82 Å². The normalized spacial score (nSPS) is 20.2. The number of halogens is 1. The average molecular weight is 587 g/mol. The SMILES string of the molecule is C[C@H]1CN(Cc2cccc(-c3cc(CNC(=O)c4cccc(CN5CCCCC5C[N+](C)(C)C)c4)ccc3F)c2)CCN1. The van der Waals surface area contributed by atoms with Gasteiger partial charge in [0.25, 0.3) is 5.91 Å². The average Bonchev–Trinajstić information content (AvgIpc) is 2.97. The molecule has 3 aromatic rings. The molecule has 1 unspecified atom stereocenters. The fraction of sp³-hybridized carbons (Fsp3) is 0.472. The van der Waals surface area contributed by atoms with Crippen LogP contribution in [0.1, 0.15) is 53.2 Å². The zero-order valence-corrected chi connectivity index (χ0v) is 26.4. The first-order valence-corrected chi connectivity index (χ1v) is 15.9. The molecule has 2 N–H and O–H groups in total. The lowest BCUT2D eigenvalue weighted by Gasteiger charge is -2.39. The van der Waals surface area contributed by atoms with Gasteiger partial charge >= 0.3 is 0 Å². The highest BCUT2D eigenvalue weighted by atomic mass is 19.1. The van der Waals surface area contributed by atoms with Crippen LogP contribution >= 0.6 is 0 Å². The highest BCUT2D eigenvalue weighted by molar-refractivity contribution is 5.94. The van der Waals surface area contributed by atoms with E-state index in [4.69, 9.17) is 0 Å². The summed E-state index contributed by atoms with van der Waals surface area (Å²) in [6.07, 6.45) is 3.75. The van der Waals surface area contributed by atoms with Crippen LogP contribution in [-0.4, -0.2) is 86.1 Å². The number of carbonyl (C=O) groups excluding carboxylic acids is 1. The minimum absolute atomic E-state index is 0.110. The Bertz CT molecular complexity index is 1390. The molecule has 0 spiro atoms. The third kappa shape index (κ3) is 8.96. The number of benzene rings is 3. The van der Waals surface area contributed by atoms with Crippen LogP contribution in [-0.2, 0) is 19.6 Å². The molecule has 2 heterocycles. The summed E-state index contributed by atoms with van der Waals surface area (Å²) in [6, 6.07) is 22.3. The lowest BCUT2D eigenvalue weighted by Crippen LogP contribution is -2.50. The van der Waals surface area contributed by atoms with Crippen LogP contribution in [0.3, 0.4) is 0 Å². The van der Waals surface area contributed by atoms with E-state index in [1.807, 2.05) is 36.4 Å². The molecule has 7 heteroatoms. The fourth-order valence-corrected chi connectivity index (χ4v) is 6.59. The number of hydrogen-bond donors (Lipinski definition) is 2. The van der Waals surface area contributed by atoms with Gasteiger partial charge in [-0.15, -0.1) is 0 Å². The largest absolute Gasteiger partial charge is 0.348 e. The van der Waals surface area contributed by atoms with E-state index in [1.54, 1.807) is 6.07 Å². The minimum atomic E-state index is -0.253. The maximum atomic E-state index is 15.0. The molecule has 2 aliphatic rings. The van der Waals surface area contributed by atoms with Crippen LogP contribution in [0.25, 0.3) is 11.1 Å². The predicted octanol–water partition coefficient (Wildman–Crippen LogP) is 5.28. The predicted molar refractivity (Wildman–Crippen MR) is 173 cm³/mol. The van der Waals surface area contributed by atoms with E-state index in [2.05, 4.69) is 66.7 Å². The number of rotatable bonds is 10. The van der Waals surface area contributed by atoms with Gasteiger partial charge < -0.3 is 15.1 Å². The van der Waals surface area contributed by atoms with Gasteiger partial charge in [0.15, 0.2) is 0 Å². The van der Waals surface area contributed by atoms with E-state index < -0.39 is 0 Å². The number of likely N-dealkylation sites (tertiary alicyclic amines) is 1. The second-order valence-corrected chi connectivity index (χ2v) is 13.6. The summed E-state index contributed by atoms with van der Waals surface area (Å²) in [5.41, 5.74) is 5.31. The third-order valence-electron chi connectivity index (χ3n) is 8.66. The minimum Gasteiger partial charge on any atom is -0.348 e. The Kier molecular flexibility index (Phi) is 10.3. The van der Waals surface area contributed by atoms with Gasteiger partial charge in [-0.1, -0.05) is 42.8 Å². The molecule has 0 saturated carbocycles. The van der Waals surface area contributed by atoms with E-state index >= 15 is 4.39 Å². The van der Waals surface area contributed by atoms with Crippen molar-refractivity contribution in [1.29, 1.82) is 0 Å². The molecule has 230 valence electrons. The van der Waals surface area contributed by atoms with Gasteiger partial charge in [0.1, 0.15) is 5.82 Å². The Balaban J connectivity index is 1.22. The first kappa shape index (κ1) is 31.3. The quantitative estimate of drug-likeness (QED) is 0.318. The second-order valence-electron chi connectivity index (χ2n) is 13.6. The zero-order chi connectivity index (χ0) is 30.4. The molecule has 0 aromatic heterocycles. The number of hydrogen-bond acceptors (Lipinski definition) is 4. The first-order chi connectivity index (χ1) is 20.6. The molecule has 2 saturated heterocycles. The summed E-state index contributed by atoms with van der Waals surface area (Å²) in [6.45, 7) is 9.49. The van der Waals surface area contributed by atoms with Crippen molar-refractivity contribution in [2.75, 3.05) is 53.9 Å². The van der Waals surface area contributed by atoms with Gasteiger partial charge in [0.05, 0.1) is 33.7 Å². The number of piperidine rings is 1. The van der Waals surface area contributed by atoms with Gasteiger partial charge in [-0.25, -0.2) is 4.39 Å². The molecule has 2 fully saturated rings. The van der Waals surface area contributed by atoms with Gasteiger partial charge in [-0.2, -0.15) is 0 Å². The van der Waals surface area contributed by atoms with Crippen LogP contribution in [0.4, 0.5) is 4.39 Å². The number of carbonyl (C=O) groups is 1. The van der Waals surface area contributed by atoms with Crippen LogP contribution < -0.4 is 10.6 Å². The number of nitrogens with one attached hydrogen (secondary N) is 2. The fourth-order valence-electron chi connectivity index (χ4n) is 6.59. The van der Waals surface area contributed by atoms with Gasteiger partial charge in [0.2, 0.25) is 0 Å². The van der Waals surface area contributed by atoms with Crippen LogP contribution in [0.15, 0.2) is 66.7 Å². The number of piperazine rings is 1. The van der Waals surface area contributed by atoms with Crippen molar-refractivity contribution in [3.63, 3.8) is 0 Å². The molecule has 0 bridgehead atoms. The molecular formula is C36H49FN5O+. The molecule has 2 aliphatic heterocycles. The summed E-state index contributed by atoms with van der Waals surface area (Å²) >= 11 is 0. The van der Waals surface area contributed by atoms with Crippen molar-refractivity contribution in [2.24, 2.45) is 0 Å². The highest BCUT2D eigenvalue weighted by Crippen LogP contribution is 2.26. The molecule has 6 nitrogen and oxygen atoms in total. The van der Waals surface area contributed by atoms with E-state index in [0.717, 1.165) is 61.4 Å². The maximum absolute atomic E-state index is 15.0. The molecule has 2 atom stereocenters. The Morgan fingerprint density at radius 1 is 0.953 bits per heavy atom. The number of amides is 1. The zero-order valence-electron chi connectivity index (χ0n) is 26.4. The van der Waals surface area contributed by atoms with Gasteiger partial charge in [-0.05, 0) is 78.9 Å². The summed E-state index contributed by atoms with van der Waals surface area (Å²) in [5, 5.41) is 6.55. The Labute approximate surface area is 257 Å². The third-order valence-corrected chi connectivity index (χ3v) is 8.66. The summed E-state index contributed by atoms with van der Waals surface area (Å²) in [5.74, 6) is -0.362. The summed E-state index contributed by atoms with van der Waals surface area (Å²) in [7, 11) is 6.77. The Hall–Kier alpha value is -3.10. The summed E-state index contributed by atoms with van der Waals surface area (Å²) < 4.78 is 16.0. The second kappa shape index (κ2) is 14.1. The van der Waals surface area contributed by atoms with Crippen molar-refractivity contribution in [1.82, 2.24) is 20.4 Å². The topological polar surface area (TPSA) is 47.6 Å². The highest BCUT2D eigenvalue weighted by Gasteiger charge is 2.27. The smallest absolute Gasteiger partial charge is 0.251 e. The molecule has 0 radical (unpaired) electrons. The van der Waals surface area contributed by atoms with Crippen molar-refractivity contribution < 1.29 is 13.7 Å².